The van der Waals surface area contributed by atoms with Gasteiger partial charge in [-0.1, -0.05) is 0 Å². The minimum absolute atomic E-state index is 0.122. The Morgan fingerprint density at radius 2 is 1.85 bits per heavy atom. The molecule has 0 aliphatic heterocycles. The van der Waals surface area contributed by atoms with Crippen LogP contribution >= 0.6 is 0 Å². The Morgan fingerprint density at radius 1 is 1.25 bits per heavy atom. The SMILES string of the molecule is CNC(=O)CN(C)C(=O)COC(=O)c1ccc(F)cc1. The average Bonchev–Trinajstić information content (AvgIpc) is 2.44. The van der Waals surface area contributed by atoms with Gasteiger partial charge in [0.05, 0.1) is 12.1 Å². The molecule has 0 spiro atoms. The van der Waals surface area contributed by atoms with Gasteiger partial charge in [-0.2, -0.15) is 0 Å². The number of nitrogens with zero attached hydrogens (tertiary/aromatic N) is 1. The van der Waals surface area contributed by atoms with Crippen LogP contribution in [0.2, 0.25) is 0 Å². The Morgan fingerprint density at radius 3 is 2.40 bits per heavy atom. The molecule has 0 atom stereocenters. The highest BCUT2D eigenvalue weighted by atomic mass is 19.1. The summed E-state index contributed by atoms with van der Waals surface area (Å²) in [7, 11) is 2.87. The van der Waals surface area contributed by atoms with Crippen LogP contribution in [0.15, 0.2) is 24.3 Å². The summed E-state index contributed by atoms with van der Waals surface area (Å²) in [6, 6.07) is 4.76. The smallest absolute Gasteiger partial charge is 0.338 e. The van der Waals surface area contributed by atoms with Crippen molar-refractivity contribution >= 4 is 17.8 Å². The molecule has 1 rings (SSSR count). The maximum absolute atomic E-state index is 12.7. The molecule has 0 bridgehead atoms. The molecule has 0 heterocycles. The van der Waals surface area contributed by atoms with Crippen molar-refractivity contribution in [2.45, 2.75) is 0 Å². The normalized spacial score (nSPS) is 9.75. The Hall–Kier alpha value is -2.44. The number of carbonyl (C=O) groups is 3. The van der Waals surface area contributed by atoms with Crippen LogP contribution in [0.4, 0.5) is 4.39 Å². The third kappa shape index (κ3) is 4.68. The van der Waals surface area contributed by atoms with Crippen molar-refractivity contribution in [1.29, 1.82) is 0 Å². The van der Waals surface area contributed by atoms with Crippen molar-refractivity contribution in [3.05, 3.63) is 35.6 Å². The zero-order valence-corrected chi connectivity index (χ0v) is 11.2. The predicted octanol–water partition coefficient (Wildman–Crippen LogP) is 0.187. The van der Waals surface area contributed by atoms with Crippen LogP contribution in [0.25, 0.3) is 0 Å². The highest BCUT2D eigenvalue weighted by molar-refractivity contribution is 5.91. The van der Waals surface area contributed by atoms with Gasteiger partial charge >= 0.3 is 5.97 Å². The Balaban J connectivity index is 2.46. The molecule has 20 heavy (non-hydrogen) atoms. The number of benzene rings is 1. The zero-order valence-electron chi connectivity index (χ0n) is 11.2. The number of carbonyl (C=O) groups excluding carboxylic acids is 3. The van der Waals surface area contributed by atoms with E-state index in [2.05, 4.69) is 5.32 Å². The van der Waals surface area contributed by atoms with Crippen molar-refractivity contribution in [3.8, 4) is 0 Å². The number of hydrogen-bond acceptors (Lipinski definition) is 4. The molecule has 7 heteroatoms. The van der Waals surface area contributed by atoms with Crippen molar-refractivity contribution in [2.24, 2.45) is 0 Å². The van der Waals surface area contributed by atoms with Crippen molar-refractivity contribution in [2.75, 3.05) is 27.2 Å². The summed E-state index contributed by atoms with van der Waals surface area (Å²) in [5, 5.41) is 2.37. The first kappa shape index (κ1) is 15.6. The maximum Gasteiger partial charge on any atom is 0.338 e. The summed E-state index contributed by atoms with van der Waals surface area (Å²) in [4.78, 5) is 35.4. The lowest BCUT2D eigenvalue weighted by Gasteiger charge is -2.15. The zero-order chi connectivity index (χ0) is 15.1. The molecular formula is C13H15FN2O4. The Kier molecular flexibility index (Phi) is 5.64. The van der Waals surface area contributed by atoms with Crippen LogP contribution in [0.5, 0.6) is 0 Å². The molecule has 0 fully saturated rings. The third-order valence-electron chi connectivity index (χ3n) is 2.49. The summed E-state index contributed by atoms with van der Waals surface area (Å²) in [5.41, 5.74) is 0.146. The van der Waals surface area contributed by atoms with Crippen LogP contribution < -0.4 is 5.32 Å². The number of ether oxygens (including phenoxy) is 1. The molecule has 0 saturated heterocycles. The molecule has 2 amide bonds. The van der Waals surface area contributed by atoms with Gasteiger partial charge in [0, 0.05) is 14.1 Å². The van der Waals surface area contributed by atoms with Gasteiger partial charge in [-0.15, -0.1) is 0 Å². The van der Waals surface area contributed by atoms with Gasteiger partial charge in [-0.05, 0) is 24.3 Å². The maximum atomic E-state index is 12.7. The molecule has 0 aliphatic rings. The highest BCUT2D eigenvalue weighted by Gasteiger charge is 2.15. The highest BCUT2D eigenvalue weighted by Crippen LogP contribution is 2.04. The van der Waals surface area contributed by atoms with Gasteiger partial charge in [0.25, 0.3) is 5.91 Å². The molecule has 0 radical (unpaired) electrons. The number of halogens is 1. The van der Waals surface area contributed by atoms with E-state index in [4.69, 9.17) is 4.74 Å². The lowest BCUT2D eigenvalue weighted by molar-refractivity contribution is -0.137. The van der Waals surface area contributed by atoms with E-state index in [0.717, 1.165) is 17.0 Å². The molecule has 0 aromatic heterocycles. The van der Waals surface area contributed by atoms with Crippen molar-refractivity contribution in [1.82, 2.24) is 10.2 Å². The van der Waals surface area contributed by atoms with Gasteiger partial charge in [-0.25, -0.2) is 9.18 Å². The standard InChI is InChI=1S/C13H15FN2O4/c1-15-11(17)7-16(2)12(18)8-20-13(19)9-3-5-10(14)6-4-9/h3-6H,7-8H2,1-2H3,(H,15,17). The minimum Gasteiger partial charge on any atom is -0.452 e. The second-order valence-corrected chi connectivity index (χ2v) is 4.01. The lowest BCUT2D eigenvalue weighted by atomic mass is 10.2. The van der Waals surface area contributed by atoms with E-state index in [-0.39, 0.29) is 18.0 Å². The van der Waals surface area contributed by atoms with E-state index >= 15 is 0 Å². The first-order valence-corrected chi connectivity index (χ1v) is 5.81. The topological polar surface area (TPSA) is 75.7 Å². The first-order valence-electron chi connectivity index (χ1n) is 5.81. The summed E-state index contributed by atoms with van der Waals surface area (Å²) >= 11 is 0. The fourth-order valence-corrected chi connectivity index (χ4v) is 1.29. The summed E-state index contributed by atoms with van der Waals surface area (Å²) < 4.78 is 17.5. The van der Waals surface area contributed by atoms with Gasteiger partial charge in [-0.3, -0.25) is 9.59 Å². The first-order chi connectivity index (χ1) is 9.43. The van der Waals surface area contributed by atoms with Crippen LogP contribution in [0.3, 0.4) is 0 Å². The molecule has 0 aliphatic carbocycles. The second kappa shape index (κ2) is 7.22. The van der Waals surface area contributed by atoms with Crippen molar-refractivity contribution in [3.63, 3.8) is 0 Å². The van der Waals surface area contributed by atoms with Gasteiger partial charge in [0.1, 0.15) is 5.82 Å². The molecular weight excluding hydrogens is 267 g/mol. The van der Waals surface area contributed by atoms with E-state index in [1.165, 1.54) is 26.2 Å². The van der Waals surface area contributed by atoms with Crippen LogP contribution in [-0.2, 0) is 14.3 Å². The minimum atomic E-state index is -0.730. The summed E-state index contributed by atoms with van der Waals surface area (Å²) in [6.45, 7) is -0.604. The fourth-order valence-electron chi connectivity index (χ4n) is 1.29. The van der Waals surface area contributed by atoms with Crippen LogP contribution in [-0.4, -0.2) is 49.9 Å². The molecule has 108 valence electrons. The number of likely N-dealkylation sites (N-methyl/N-ethyl adjacent to an activating group) is 2. The van der Waals surface area contributed by atoms with Gasteiger partial charge in [0.2, 0.25) is 5.91 Å². The number of esters is 1. The average molecular weight is 282 g/mol. The third-order valence-corrected chi connectivity index (χ3v) is 2.49. The lowest BCUT2D eigenvalue weighted by Crippen LogP contribution is -2.39. The number of amides is 2. The monoisotopic (exact) mass is 282 g/mol. The van der Waals surface area contributed by atoms with E-state index in [1.54, 1.807) is 0 Å². The van der Waals surface area contributed by atoms with E-state index in [9.17, 15) is 18.8 Å². The quantitative estimate of drug-likeness (QED) is 0.782. The number of nitrogens with one attached hydrogen (secondary N) is 1. The van der Waals surface area contributed by atoms with E-state index in [0.29, 0.717) is 0 Å². The summed E-state index contributed by atoms with van der Waals surface area (Å²) in [5.74, 6) is -2.04. The molecule has 1 aromatic carbocycles. The Labute approximate surface area is 115 Å². The number of rotatable bonds is 5. The van der Waals surface area contributed by atoms with E-state index in [1.807, 2.05) is 0 Å². The van der Waals surface area contributed by atoms with Gasteiger partial charge in [0.15, 0.2) is 6.61 Å². The van der Waals surface area contributed by atoms with E-state index < -0.39 is 24.3 Å². The largest absolute Gasteiger partial charge is 0.452 e. The molecule has 1 N–H and O–H groups in total. The van der Waals surface area contributed by atoms with Crippen LogP contribution in [0.1, 0.15) is 10.4 Å². The molecule has 0 unspecified atom stereocenters. The molecule has 6 nitrogen and oxygen atoms in total. The second-order valence-electron chi connectivity index (χ2n) is 4.01. The van der Waals surface area contributed by atoms with Gasteiger partial charge < -0.3 is 15.0 Å². The fraction of sp³-hybridized carbons (Fsp3) is 0.308. The Bertz CT molecular complexity index is 502. The van der Waals surface area contributed by atoms with Crippen LogP contribution in [0, 0.1) is 5.82 Å². The molecule has 0 saturated carbocycles. The molecule has 1 aromatic rings. The predicted molar refractivity (Wildman–Crippen MR) is 68.4 cm³/mol. The number of hydrogen-bond donors (Lipinski definition) is 1. The van der Waals surface area contributed by atoms with Crippen molar-refractivity contribution < 1.29 is 23.5 Å². The summed E-state index contributed by atoms with van der Waals surface area (Å²) in [6.07, 6.45) is 0.